The van der Waals surface area contributed by atoms with Crippen molar-refractivity contribution in [2.45, 2.75) is 17.3 Å². The molecule has 0 atom stereocenters. The molecule has 520 valence electrons. The van der Waals surface area contributed by atoms with Crippen LogP contribution in [0.2, 0.25) is 5.28 Å². The summed E-state index contributed by atoms with van der Waals surface area (Å²) in [6, 6.07) is 136. The van der Waals surface area contributed by atoms with Gasteiger partial charge in [-0.25, -0.2) is 19.9 Å². The van der Waals surface area contributed by atoms with E-state index < -0.39 is 10.8 Å². The van der Waals surface area contributed by atoms with E-state index in [1.54, 1.807) is 22.7 Å². The number of fused-ring (bicyclic) bond motifs is 20. The molecular weight excluding hydrogens is 1410 g/mol. The van der Waals surface area contributed by atoms with Gasteiger partial charge in [-0.1, -0.05) is 340 Å². The summed E-state index contributed by atoms with van der Waals surface area (Å²) in [5.74, 6) is 0.675. The lowest BCUT2D eigenvalue weighted by Crippen LogP contribution is -2.28. The molecule has 0 bridgehead atoms. The number of aromatic nitrogens is 5. The summed E-state index contributed by atoms with van der Waals surface area (Å²) in [4.78, 5) is 20.7. The number of nitrogens with zero attached hydrogens (tertiary/aromatic N) is 5. The van der Waals surface area contributed by atoms with Crippen LogP contribution in [0.15, 0.2) is 376 Å². The van der Waals surface area contributed by atoms with Crippen molar-refractivity contribution < 1.29 is 0 Å². The fraction of sp³-hybridized carbons (Fsp3) is 0.0291. The quantitative estimate of drug-likeness (QED) is 0.149. The van der Waals surface area contributed by atoms with Crippen LogP contribution < -0.4 is 0 Å². The van der Waals surface area contributed by atoms with Gasteiger partial charge in [-0.2, -0.15) is 0 Å². The molecule has 0 aliphatic heterocycles. The lowest BCUT2D eigenvalue weighted by atomic mass is 9.67. The first kappa shape index (κ1) is 64.9. The van der Waals surface area contributed by atoms with Crippen LogP contribution >= 0.6 is 34.3 Å². The molecule has 0 spiro atoms. The molecule has 5 nitrogen and oxygen atoms in total. The van der Waals surface area contributed by atoms with Crippen LogP contribution in [-0.2, 0) is 17.3 Å². The number of thiophene rings is 2. The van der Waals surface area contributed by atoms with Gasteiger partial charge in [0.05, 0.1) is 53.7 Å². The summed E-state index contributed by atoms with van der Waals surface area (Å²) in [6.45, 7) is 0. The number of rotatable bonds is 7. The van der Waals surface area contributed by atoms with Crippen molar-refractivity contribution in [1.29, 1.82) is 0 Å². The Morgan fingerprint density at radius 3 is 1.23 bits per heavy atom. The molecule has 0 amide bonds. The molecule has 0 radical (unpaired) electrons. The number of halogens is 1. The Hall–Kier alpha value is -13.3. The van der Waals surface area contributed by atoms with Crippen molar-refractivity contribution in [1.82, 2.24) is 24.5 Å². The fourth-order valence-electron chi connectivity index (χ4n) is 18.7. The van der Waals surface area contributed by atoms with E-state index in [2.05, 4.69) is 386 Å². The summed E-state index contributed by atoms with van der Waals surface area (Å²) in [7, 11) is 0. The van der Waals surface area contributed by atoms with E-state index in [4.69, 9.17) is 26.6 Å². The van der Waals surface area contributed by atoms with Crippen molar-refractivity contribution in [2.75, 3.05) is 0 Å². The van der Waals surface area contributed by atoms with Gasteiger partial charge in [0, 0.05) is 42.1 Å². The van der Waals surface area contributed by atoms with E-state index in [-0.39, 0.29) is 5.28 Å². The molecule has 3 aliphatic rings. The van der Waals surface area contributed by atoms with Crippen molar-refractivity contribution in [3.8, 4) is 61.8 Å². The Bertz CT molecular complexity index is 7250. The van der Waals surface area contributed by atoms with E-state index in [1.807, 2.05) is 0 Å². The molecule has 111 heavy (non-hydrogen) atoms. The standard InChI is InChI=1S/C51H31N3S.C35H21ClN2S.C17H12/c1-3-18-34(19-4-1)51(35-20-5-2-6-21-35)41-26-12-9-23-37(41)46-39(25-15-27-42(46)51)48-49-47(38-24-11-14-29-45(38)55-49)52-50(53-48)54-43-28-13-10-22-36(43)40-30-32-16-7-8-17-33(32)31-44(40)54;36-34-37-31-25-17-8-10-21-29(25)39-33(31)32(38-34)26-18-11-20-28-30(26)24-16-7-9-19-27(24)35(28,22-12-3-1-4-13-22)23-14-5-2-6-15-23;1-2-6-13-11-17-15(9-12(13)5-1)10-14-7-3-4-8-16(14)17/h1-31H;1-21H;1-9,11H,10H2. The minimum atomic E-state index is -0.506. The van der Waals surface area contributed by atoms with Crippen LogP contribution in [0.3, 0.4) is 0 Å². The minimum absolute atomic E-state index is 0.266. The van der Waals surface area contributed by atoms with Crippen molar-refractivity contribution in [2.24, 2.45) is 0 Å². The third-order valence-corrected chi connectivity index (χ3v) is 25.8. The van der Waals surface area contributed by atoms with Crippen LogP contribution in [0, 0.1) is 0 Å². The highest BCUT2D eigenvalue weighted by atomic mass is 35.5. The second-order valence-electron chi connectivity index (χ2n) is 29.0. The Kier molecular flexibility index (Phi) is 15.2. The van der Waals surface area contributed by atoms with Crippen LogP contribution in [0.25, 0.3) is 146 Å². The molecule has 8 heteroatoms. The van der Waals surface area contributed by atoms with Crippen LogP contribution in [-0.4, -0.2) is 24.5 Å². The first-order chi connectivity index (χ1) is 55.0. The highest BCUT2D eigenvalue weighted by Gasteiger charge is 2.49. The zero-order valence-electron chi connectivity index (χ0n) is 59.9. The number of hydrogen-bond acceptors (Lipinski definition) is 6. The van der Waals surface area contributed by atoms with E-state index >= 15 is 0 Å². The fourth-order valence-corrected chi connectivity index (χ4v) is 21.1. The maximum absolute atomic E-state index is 6.61. The van der Waals surface area contributed by atoms with Gasteiger partial charge in [-0.05, 0) is 165 Å². The predicted octanol–water partition coefficient (Wildman–Crippen LogP) is 27.1. The molecule has 5 aromatic heterocycles. The van der Waals surface area contributed by atoms with Gasteiger partial charge in [0.25, 0.3) is 0 Å². The third-order valence-electron chi connectivity index (χ3n) is 23.3. The van der Waals surface area contributed by atoms with Gasteiger partial charge in [0.1, 0.15) is 0 Å². The zero-order chi connectivity index (χ0) is 73.3. The zero-order valence-corrected chi connectivity index (χ0v) is 62.3. The second kappa shape index (κ2) is 26.0. The molecular formula is C103H64ClN5S2. The SMILES string of the molecule is Clc1nc(-c2cccc3c2-c2ccccc2C3(c2ccccc2)c2ccccc2)c2sc3ccccc3c2n1.c1ccc(C2(c3ccccc3)c3ccccc3-c3c(-c4nc(-n5c6ccccc6c6cc7ccccc7cc65)nc5c4sc4ccccc45)cccc32)cc1.c1ccc2c(c1)Cc1cc3ccccc3cc1-2. The van der Waals surface area contributed by atoms with Gasteiger partial charge < -0.3 is 0 Å². The van der Waals surface area contributed by atoms with Crippen LogP contribution in [0.4, 0.5) is 0 Å². The summed E-state index contributed by atoms with van der Waals surface area (Å²) < 4.78 is 6.82. The second-order valence-corrected chi connectivity index (χ2v) is 31.5. The van der Waals surface area contributed by atoms with E-state index in [9.17, 15) is 0 Å². The number of benzene rings is 16. The number of hydrogen-bond donors (Lipinski definition) is 0. The molecule has 0 unspecified atom stereocenters. The van der Waals surface area contributed by atoms with E-state index in [0.717, 1.165) is 71.2 Å². The number of para-hydroxylation sites is 1. The molecule has 16 aromatic carbocycles. The van der Waals surface area contributed by atoms with Gasteiger partial charge >= 0.3 is 0 Å². The van der Waals surface area contributed by atoms with Gasteiger partial charge in [0.15, 0.2) is 0 Å². The highest BCUT2D eigenvalue weighted by Crippen LogP contribution is 2.61. The molecule has 3 aliphatic carbocycles. The van der Waals surface area contributed by atoms with Gasteiger partial charge in [-0.3, -0.25) is 4.57 Å². The van der Waals surface area contributed by atoms with Crippen molar-refractivity contribution in [3.05, 3.63) is 437 Å². The topological polar surface area (TPSA) is 56.5 Å². The minimum Gasteiger partial charge on any atom is -0.278 e. The molecule has 0 N–H and O–H groups in total. The largest absolute Gasteiger partial charge is 0.278 e. The Balaban J connectivity index is 0.000000117. The predicted molar refractivity (Wildman–Crippen MR) is 464 cm³/mol. The van der Waals surface area contributed by atoms with Crippen molar-refractivity contribution >= 4 is 118 Å². The van der Waals surface area contributed by atoms with Gasteiger partial charge in [0.2, 0.25) is 11.2 Å². The lowest BCUT2D eigenvalue weighted by molar-refractivity contribution is 0.768. The maximum atomic E-state index is 6.61. The molecule has 0 saturated heterocycles. The average Bonchev–Trinajstić information content (AvgIpc) is 1.53. The van der Waals surface area contributed by atoms with Crippen LogP contribution in [0.1, 0.15) is 55.6 Å². The first-order valence-corrected chi connectivity index (χ1v) is 39.7. The summed E-state index contributed by atoms with van der Waals surface area (Å²) >= 11 is 10.1. The van der Waals surface area contributed by atoms with Crippen molar-refractivity contribution in [3.63, 3.8) is 0 Å². The third kappa shape index (κ3) is 9.99. The molecule has 24 rings (SSSR count). The Labute approximate surface area is 654 Å². The lowest BCUT2D eigenvalue weighted by Gasteiger charge is -2.33. The summed E-state index contributed by atoms with van der Waals surface area (Å²) in [5, 5.41) is 10.0. The molecule has 0 fully saturated rings. The molecule has 0 saturated carbocycles. The molecule has 5 heterocycles. The molecule has 21 aromatic rings. The van der Waals surface area contributed by atoms with Crippen LogP contribution in [0.5, 0.6) is 0 Å². The Morgan fingerprint density at radius 2 is 0.685 bits per heavy atom. The smallest absolute Gasteiger partial charge is 0.235 e. The normalized spacial score (nSPS) is 13.2. The Morgan fingerprint density at radius 1 is 0.279 bits per heavy atom. The first-order valence-electron chi connectivity index (χ1n) is 37.7. The maximum Gasteiger partial charge on any atom is 0.235 e. The average molecular weight is 1470 g/mol. The monoisotopic (exact) mass is 1470 g/mol. The van der Waals surface area contributed by atoms with E-state index in [1.165, 1.54) is 131 Å². The highest BCUT2D eigenvalue weighted by molar-refractivity contribution is 7.26. The summed E-state index contributed by atoms with van der Waals surface area (Å²) in [5.41, 5.74) is 27.8. The van der Waals surface area contributed by atoms with E-state index in [0.29, 0.717) is 5.95 Å². The summed E-state index contributed by atoms with van der Waals surface area (Å²) in [6.07, 6.45) is 1.08. The van der Waals surface area contributed by atoms with Gasteiger partial charge in [-0.15, -0.1) is 22.7 Å².